The molecule has 0 bridgehead atoms. The van der Waals surface area contributed by atoms with Gasteiger partial charge in [-0.15, -0.1) is 0 Å². The van der Waals surface area contributed by atoms with Gasteiger partial charge in [-0.2, -0.15) is 0 Å². The van der Waals surface area contributed by atoms with Gasteiger partial charge < -0.3 is 5.32 Å². The number of carbonyl (C=O) groups is 1. The first-order valence-electron chi connectivity index (χ1n) is 7.92. The lowest BCUT2D eigenvalue weighted by molar-refractivity contribution is -0.116. The Balaban J connectivity index is 1.76. The van der Waals surface area contributed by atoms with E-state index >= 15 is 0 Å². The van der Waals surface area contributed by atoms with Gasteiger partial charge in [0.15, 0.2) is 0 Å². The Hall–Kier alpha value is -2.86. The largest absolute Gasteiger partial charge is 0.324 e. The summed E-state index contributed by atoms with van der Waals surface area (Å²) in [6, 6.07) is 18.7. The molecule has 1 heterocycles. The predicted octanol–water partition coefficient (Wildman–Crippen LogP) is 3.38. The Kier molecular flexibility index (Phi) is 3.51. The quantitative estimate of drug-likeness (QED) is 0.786. The molecule has 5 nitrogen and oxygen atoms in total. The highest BCUT2D eigenvalue weighted by Gasteiger charge is 2.40. The lowest BCUT2D eigenvalue weighted by Crippen LogP contribution is -2.43. The molecule has 3 aromatic rings. The van der Waals surface area contributed by atoms with Crippen LogP contribution in [0.2, 0.25) is 0 Å². The minimum atomic E-state index is -3.76. The van der Waals surface area contributed by atoms with Crippen molar-refractivity contribution in [3.63, 3.8) is 0 Å². The fourth-order valence-electron chi connectivity index (χ4n) is 3.21. The molecule has 1 N–H and O–H groups in total. The molecule has 0 unspecified atom stereocenters. The van der Waals surface area contributed by atoms with Crippen molar-refractivity contribution in [2.75, 3.05) is 9.62 Å². The summed E-state index contributed by atoms with van der Waals surface area (Å²) in [6.07, 6.45) is 0. The summed E-state index contributed by atoms with van der Waals surface area (Å²) < 4.78 is 27.2. The average molecular weight is 352 g/mol. The molecule has 25 heavy (non-hydrogen) atoms. The van der Waals surface area contributed by atoms with Gasteiger partial charge in [0.1, 0.15) is 6.04 Å². The third-order valence-corrected chi connectivity index (χ3v) is 6.32. The SMILES string of the molecule is C[C@@H](C(=O)Nc1ccccc1)N1c2cccc3cccc(c23)S1(=O)=O. The Morgan fingerprint density at radius 1 is 0.960 bits per heavy atom. The second kappa shape index (κ2) is 5.60. The number of nitrogens with one attached hydrogen (secondary N) is 1. The number of hydrogen-bond acceptors (Lipinski definition) is 3. The van der Waals surface area contributed by atoms with E-state index in [-0.39, 0.29) is 10.8 Å². The molecule has 0 fully saturated rings. The van der Waals surface area contributed by atoms with Gasteiger partial charge in [0, 0.05) is 11.1 Å². The van der Waals surface area contributed by atoms with Crippen molar-refractivity contribution in [3.8, 4) is 0 Å². The van der Waals surface area contributed by atoms with Crippen LogP contribution in [0.5, 0.6) is 0 Å². The first-order chi connectivity index (χ1) is 12.0. The normalized spacial score (nSPS) is 16.0. The van der Waals surface area contributed by atoms with Crippen molar-refractivity contribution in [2.45, 2.75) is 17.9 Å². The zero-order valence-corrected chi connectivity index (χ0v) is 14.3. The summed E-state index contributed by atoms with van der Waals surface area (Å²) in [7, 11) is -3.76. The fraction of sp³-hybridized carbons (Fsp3) is 0.105. The Labute approximate surface area is 145 Å². The minimum Gasteiger partial charge on any atom is -0.324 e. The molecular weight excluding hydrogens is 336 g/mol. The van der Waals surface area contributed by atoms with Crippen molar-refractivity contribution in [1.29, 1.82) is 0 Å². The molecule has 0 saturated heterocycles. The smallest absolute Gasteiger partial charge is 0.265 e. The first-order valence-corrected chi connectivity index (χ1v) is 9.36. The highest BCUT2D eigenvalue weighted by atomic mass is 32.2. The molecule has 0 spiro atoms. The maximum Gasteiger partial charge on any atom is 0.265 e. The summed E-state index contributed by atoms with van der Waals surface area (Å²) >= 11 is 0. The number of nitrogens with zero attached hydrogens (tertiary/aromatic N) is 1. The molecular formula is C19H16N2O3S. The van der Waals surface area contributed by atoms with Crippen LogP contribution in [0, 0.1) is 0 Å². The average Bonchev–Trinajstić information content (AvgIpc) is 2.84. The Bertz CT molecular complexity index is 1070. The van der Waals surface area contributed by atoms with Crippen LogP contribution < -0.4 is 9.62 Å². The number of carbonyl (C=O) groups excluding carboxylic acids is 1. The van der Waals surface area contributed by atoms with E-state index in [1.165, 1.54) is 4.31 Å². The van der Waals surface area contributed by atoms with Crippen LogP contribution in [0.25, 0.3) is 10.8 Å². The van der Waals surface area contributed by atoms with E-state index in [1.807, 2.05) is 30.3 Å². The molecule has 126 valence electrons. The van der Waals surface area contributed by atoms with Crippen LogP contribution in [0.3, 0.4) is 0 Å². The lowest BCUT2D eigenvalue weighted by atomic mass is 10.1. The summed E-state index contributed by atoms with van der Waals surface area (Å²) in [6.45, 7) is 1.60. The standard InChI is InChI=1S/C19H16N2O3S/c1-13(19(22)20-15-9-3-2-4-10-15)21-16-11-5-7-14-8-6-12-17(18(14)16)25(21,23)24/h2-13H,1H3,(H,20,22)/t13-/m0/s1. The second-order valence-corrected chi connectivity index (χ2v) is 7.75. The highest BCUT2D eigenvalue weighted by molar-refractivity contribution is 7.93. The van der Waals surface area contributed by atoms with E-state index in [2.05, 4.69) is 5.32 Å². The van der Waals surface area contributed by atoms with Crippen molar-refractivity contribution in [1.82, 2.24) is 0 Å². The van der Waals surface area contributed by atoms with E-state index in [0.717, 1.165) is 5.39 Å². The number of para-hydroxylation sites is 1. The number of benzene rings is 3. The van der Waals surface area contributed by atoms with Gasteiger partial charge in [-0.1, -0.05) is 42.5 Å². The topological polar surface area (TPSA) is 66.5 Å². The van der Waals surface area contributed by atoms with Crippen LogP contribution in [0.4, 0.5) is 11.4 Å². The maximum absolute atomic E-state index is 13.0. The molecule has 0 radical (unpaired) electrons. The molecule has 0 aliphatic carbocycles. The Morgan fingerprint density at radius 2 is 1.64 bits per heavy atom. The van der Waals surface area contributed by atoms with Crippen LogP contribution in [0.1, 0.15) is 6.92 Å². The summed E-state index contributed by atoms with van der Waals surface area (Å²) in [5.74, 6) is -0.375. The number of hydrogen-bond donors (Lipinski definition) is 1. The predicted molar refractivity (Wildman–Crippen MR) is 98.1 cm³/mol. The molecule has 1 aliphatic rings. The molecule has 1 atom stereocenters. The van der Waals surface area contributed by atoms with E-state index in [1.54, 1.807) is 43.3 Å². The van der Waals surface area contributed by atoms with Gasteiger partial charge in [-0.3, -0.25) is 9.10 Å². The van der Waals surface area contributed by atoms with Crippen molar-refractivity contribution < 1.29 is 13.2 Å². The third kappa shape index (κ3) is 2.37. The zero-order valence-electron chi connectivity index (χ0n) is 13.5. The van der Waals surface area contributed by atoms with Gasteiger partial charge in [0.25, 0.3) is 10.0 Å². The van der Waals surface area contributed by atoms with Crippen LogP contribution in [-0.4, -0.2) is 20.4 Å². The van der Waals surface area contributed by atoms with Crippen LogP contribution in [0.15, 0.2) is 71.6 Å². The van der Waals surface area contributed by atoms with Crippen LogP contribution >= 0.6 is 0 Å². The third-order valence-electron chi connectivity index (χ3n) is 4.39. The van der Waals surface area contributed by atoms with Gasteiger partial charge in [-0.05, 0) is 36.6 Å². The zero-order chi connectivity index (χ0) is 17.6. The fourth-order valence-corrected chi connectivity index (χ4v) is 5.08. The molecule has 3 aromatic carbocycles. The highest BCUT2D eigenvalue weighted by Crippen LogP contribution is 2.43. The van der Waals surface area contributed by atoms with E-state index in [9.17, 15) is 13.2 Å². The summed E-state index contributed by atoms with van der Waals surface area (Å²) in [5, 5.41) is 4.29. The summed E-state index contributed by atoms with van der Waals surface area (Å²) in [5.41, 5.74) is 1.18. The van der Waals surface area contributed by atoms with Gasteiger partial charge >= 0.3 is 0 Å². The van der Waals surface area contributed by atoms with E-state index in [4.69, 9.17) is 0 Å². The number of sulfonamides is 1. The molecule has 6 heteroatoms. The second-order valence-electron chi connectivity index (χ2n) is 5.96. The minimum absolute atomic E-state index is 0.250. The van der Waals surface area contributed by atoms with Gasteiger partial charge in [0.05, 0.1) is 10.6 Å². The number of rotatable bonds is 3. The molecule has 1 amide bonds. The first kappa shape index (κ1) is 15.7. The molecule has 4 rings (SSSR count). The van der Waals surface area contributed by atoms with E-state index < -0.39 is 16.1 Å². The van der Waals surface area contributed by atoms with Crippen LogP contribution in [-0.2, 0) is 14.8 Å². The van der Waals surface area contributed by atoms with Gasteiger partial charge in [0.2, 0.25) is 5.91 Å². The van der Waals surface area contributed by atoms with Crippen molar-refractivity contribution >= 4 is 38.1 Å². The number of anilines is 2. The maximum atomic E-state index is 13.0. The molecule has 1 aliphatic heterocycles. The summed E-state index contributed by atoms with van der Waals surface area (Å²) in [4.78, 5) is 12.9. The van der Waals surface area contributed by atoms with Crippen molar-refractivity contribution in [2.24, 2.45) is 0 Å². The monoisotopic (exact) mass is 352 g/mol. The van der Waals surface area contributed by atoms with Crippen molar-refractivity contribution in [3.05, 3.63) is 66.7 Å². The Morgan fingerprint density at radius 3 is 2.36 bits per heavy atom. The lowest BCUT2D eigenvalue weighted by Gasteiger charge is -2.25. The van der Waals surface area contributed by atoms with E-state index in [0.29, 0.717) is 16.8 Å². The molecule has 0 saturated carbocycles. The number of amides is 1. The van der Waals surface area contributed by atoms with Gasteiger partial charge in [-0.25, -0.2) is 8.42 Å². The molecule has 0 aromatic heterocycles.